The van der Waals surface area contributed by atoms with Crippen LogP contribution in [0, 0.1) is 6.92 Å². The summed E-state index contributed by atoms with van der Waals surface area (Å²) < 4.78 is 1.47. The number of aryl methyl sites for hydroxylation is 1. The Morgan fingerprint density at radius 2 is 1.69 bits per heavy atom. The molecule has 0 radical (unpaired) electrons. The second-order valence-electron chi connectivity index (χ2n) is 5.83. The third-order valence-corrected chi connectivity index (χ3v) is 3.97. The number of carbonyl (C=O) groups is 1. The van der Waals surface area contributed by atoms with E-state index in [9.17, 15) is 9.59 Å². The maximum atomic E-state index is 13.0. The molecular formula is C20H19N3O3. The lowest BCUT2D eigenvalue weighted by atomic mass is 10.0. The summed E-state index contributed by atoms with van der Waals surface area (Å²) in [6.07, 6.45) is -0.0906. The summed E-state index contributed by atoms with van der Waals surface area (Å²) in [4.78, 5) is 28.3. The van der Waals surface area contributed by atoms with Crippen LogP contribution in [0.5, 0.6) is 0 Å². The molecule has 0 saturated carbocycles. The number of aromatic nitrogens is 2. The van der Waals surface area contributed by atoms with Crippen molar-refractivity contribution in [3.05, 3.63) is 87.8 Å². The van der Waals surface area contributed by atoms with Crippen LogP contribution < -0.4 is 5.56 Å². The van der Waals surface area contributed by atoms with E-state index in [2.05, 4.69) is 10.1 Å². The normalized spacial score (nSPS) is 11.5. The number of carboxylic acids is 1. The maximum absolute atomic E-state index is 13.0. The SMILES string of the molecule is Cc1[nH]n(-c2ccccc2)c(=O)c1C(=NCCC(=O)O)c1ccccc1. The van der Waals surface area contributed by atoms with E-state index >= 15 is 0 Å². The van der Waals surface area contributed by atoms with Crippen LogP contribution in [-0.2, 0) is 4.79 Å². The standard InChI is InChI=1S/C20H19N3O3/c1-14-18(20(26)23(22-14)16-10-6-3-7-11-16)19(21-13-12-17(24)25)15-8-4-2-5-9-15/h2-11,22H,12-13H2,1H3,(H,24,25). The van der Waals surface area contributed by atoms with E-state index in [4.69, 9.17) is 5.11 Å². The molecule has 2 N–H and O–H groups in total. The average Bonchev–Trinajstić information content (AvgIpc) is 2.95. The van der Waals surface area contributed by atoms with E-state index in [0.29, 0.717) is 17.0 Å². The quantitative estimate of drug-likeness (QED) is 0.671. The Hall–Kier alpha value is -3.41. The second kappa shape index (κ2) is 7.65. The van der Waals surface area contributed by atoms with Gasteiger partial charge in [0.05, 0.1) is 29.9 Å². The Bertz CT molecular complexity index is 986. The highest BCUT2D eigenvalue weighted by molar-refractivity contribution is 6.13. The van der Waals surface area contributed by atoms with Gasteiger partial charge in [-0.1, -0.05) is 48.5 Å². The van der Waals surface area contributed by atoms with Gasteiger partial charge in [-0.25, -0.2) is 4.68 Å². The van der Waals surface area contributed by atoms with Gasteiger partial charge in [-0.3, -0.25) is 19.7 Å². The van der Waals surface area contributed by atoms with Crippen LogP contribution in [0.15, 0.2) is 70.5 Å². The first-order chi connectivity index (χ1) is 12.6. The third kappa shape index (κ3) is 3.64. The predicted octanol–water partition coefficient (Wildman–Crippen LogP) is 2.79. The molecule has 26 heavy (non-hydrogen) atoms. The van der Waals surface area contributed by atoms with Crippen molar-refractivity contribution in [2.45, 2.75) is 13.3 Å². The lowest BCUT2D eigenvalue weighted by Gasteiger charge is -2.05. The summed E-state index contributed by atoms with van der Waals surface area (Å²) >= 11 is 0. The molecule has 0 spiro atoms. The van der Waals surface area contributed by atoms with Gasteiger partial charge < -0.3 is 5.11 Å². The topological polar surface area (TPSA) is 87.5 Å². The zero-order valence-electron chi connectivity index (χ0n) is 14.3. The van der Waals surface area contributed by atoms with E-state index < -0.39 is 5.97 Å². The Morgan fingerprint density at radius 3 is 2.31 bits per heavy atom. The van der Waals surface area contributed by atoms with Crippen molar-refractivity contribution in [3.63, 3.8) is 0 Å². The molecule has 3 rings (SSSR count). The summed E-state index contributed by atoms with van der Waals surface area (Å²) in [5, 5.41) is 12.0. The minimum Gasteiger partial charge on any atom is -0.481 e. The number of aromatic amines is 1. The first-order valence-corrected chi connectivity index (χ1v) is 8.27. The zero-order chi connectivity index (χ0) is 18.5. The van der Waals surface area contributed by atoms with E-state index in [1.165, 1.54) is 4.68 Å². The molecule has 3 aromatic rings. The lowest BCUT2D eigenvalue weighted by molar-refractivity contribution is -0.136. The summed E-state index contributed by atoms with van der Waals surface area (Å²) in [5.41, 5.74) is 2.91. The number of carboxylic acid groups (broad SMARTS) is 1. The molecule has 0 aliphatic carbocycles. The molecule has 0 saturated heterocycles. The van der Waals surface area contributed by atoms with Crippen LogP contribution >= 0.6 is 0 Å². The molecular weight excluding hydrogens is 330 g/mol. The number of hydrogen-bond donors (Lipinski definition) is 2. The molecule has 6 nitrogen and oxygen atoms in total. The molecule has 0 atom stereocenters. The molecule has 0 bridgehead atoms. The fourth-order valence-corrected chi connectivity index (χ4v) is 2.76. The highest BCUT2D eigenvalue weighted by atomic mass is 16.4. The maximum Gasteiger partial charge on any atom is 0.305 e. The highest BCUT2D eigenvalue weighted by Gasteiger charge is 2.19. The fraction of sp³-hybridized carbons (Fsp3) is 0.150. The van der Waals surface area contributed by atoms with Crippen molar-refractivity contribution in [2.24, 2.45) is 4.99 Å². The van der Waals surface area contributed by atoms with Crippen LogP contribution in [0.25, 0.3) is 5.69 Å². The molecule has 0 fully saturated rings. The fourth-order valence-electron chi connectivity index (χ4n) is 2.76. The summed E-state index contributed by atoms with van der Waals surface area (Å²) in [6, 6.07) is 18.6. The van der Waals surface area contributed by atoms with E-state index in [1.54, 1.807) is 0 Å². The highest BCUT2D eigenvalue weighted by Crippen LogP contribution is 2.13. The van der Waals surface area contributed by atoms with Gasteiger partial charge in [-0.05, 0) is 19.1 Å². The zero-order valence-corrected chi connectivity index (χ0v) is 14.3. The van der Waals surface area contributed by atoms with Gasteiger partial charge in [0.2, 0.25) is 0 Å². The van der Waals surface area contributed by atoms with Crippen molar-refractivity contribution >= 4 is 11.7 Å². The number of rotatable bonds is 6. The van der Waals surface area contributed by atoms with Crippen molar-refractivity contribution in [1.29, 1.82) is 0 Å². The Morgan fingerprint density at radius 1 is 1.08 bits per heavy atom. The van der Waals surface area contributed by atoms with Crippen LogP contribution in [0.3, 0.4) is 0 Å². The van der Waals surface area contributed by atoms with Gasteiger partial charge in [0.25, 0.3) is 5.56 Å². The molecule has 2 aromatic carbocycles. The Kier molecular flexibility index (Phi) is 5.12. The molecule has 0 aliphatic rings. The summed E-state index contributed by atoms with van der Waals surface area (Å²) in [5.74, 6) is -0.923. The van der Waals surface area contributed by atoms with Crippen LogP contribution in [0.2, 0.25) is 0 Å². The van der Waals surface area contributed by atoms with Gasteiger partial charge in [0.15, 0.2) is 0 Å². The molecule has 132 valence electrons. The molecule has 6 heteroatoms. The smallest absolute Gasteiger partial charge is 0.305 e. The first-order valence-electron chi connectivity index (χ1n) is 8.27. The number of hydrogen-bond acceptors (Lipinski definition) is 3. The third-order valence-electron chi connectivity index (χ3n) is 3.97. The molecule has 1 heterocycles. The number of benzene rings is 2. The molecule has 0 unspecified atom stereocenters. The van der Waals surface area contributed by atoms with Gasteiger partial charge in [0.1, 0.15) is 0 Å². The number of aliphatic imine (C=N–C) groups is 1. The van der Waals surface area contributed by atoms with Gasteiger partial charge in [0, 0.05) is 11.3 Å². The number of nitrogens with zero attached hydrogens (tertiary/aromatic N) is 2. The monoisotopic (exact) mass is 349 g/mol. The molecule has 1 aromatic heterocycles. The van der Waals surface area contributed by atoms with Gasteiger partial charge >= 0.3 is 5.97 Å². The number of para-hydroxylation sites is 1. The van der Waals surface area contributed by atoms with Crippen molar-refractivity contribution in [3.8, 4) is 5.69 Å². The Balaban J connectivity index is 2.12. The minimum absolute atomic E-state index is 0.0906. The number of nitrogens with one attached hydrogen (secondary N) is 1. The first kappa shape index (κ1) is 17.4. The van der Waals surface area contributed by atoms with Crippen LogP contribution in [-0.4, -0.2) is 33.1 Å². The van der Waals surface area contributed by atoms with Gasteiger partial charge in [-0.2, -0.15) is 0 Å². The largest absolute Gasteiger partial charge is 0.481 e. The van der Waals surface area contributed by atoms with Crippen LogP contribution in [0.4, 0.5) is 0 Å². The van der Waals surface area contributed by atoms with E-state index in [-0.39, 0.29) is 18.5 Å². The number of aliphatic carboxylic acids is 1. The predicted molar refractivity (Wildman–Crippen MR) is 100 cm³/mol. The summed E-state index contributed by atoms with van der Waals surface area (Å²) in [6.45, 7) is 1.92. The molecule has 0 aliphatic heterocycles. The molecule has 0 amide bonds. The average molecular weight is 349 g/mol. The lowest BCUT2D eigenvalue weighted by Crippen LogP contribution is -2.21. The van der Waals surface area contributed by atoms with Crippen LogP contribution in [0.1, 0.15) is 23.2 Å². The van der Waals surface area contributed by atoms with E-state index in [0.717, 1.165) is 11.3 Å². The Labute approximate surface area is 150 Å². The van der Waals surface area contributed by atoms with Gasteiger partial charge in [-0.15, -0.1) is 0 Å². The van der Waals surface area contributed by atoms with Crippen molar-refractivity contribution in [1.82, 2.24) is 9.78 Å². The second-order valence-corrected chi connectivity index (χ2v) is 5.83. The van der Waals surface area contributed by atoms with Crippen molar-refractivity contribution in [2.75, 3.05) is 6.54 Å². The summed E-state index contributed by atoms with van der Waals surface area (Å²) in [7, 11) is 0. The minimum atomic E-state index is -0.923. The van der Waals surface area contributed by atoms with E-state index in [1.807, 2.05) is 67.6 Å². The van der Waals surface area contributed by atoms with Crippen molar-refractivity contribution < 1.29 is 9.90 Å². The number of H-pyrrole nitrogens is 1.